The third-order valence-corrected chi connectivity index (χ3v) is 3.80. The van der Waals surface area contributed by atoms with Crippen molar-refractivity contribution in [2.75, 3.05) is 6.61 Å². The first-order valence-corrected chi connectivity index (χ1v) is 7.82. The molecule has 3 atom stereocenters. The van der Waals surface area contributed by atoms with E-state index >= 15 is 0 Å². The average Bonchev–Trinajstić information content (AvgIpc) is 2.90. The third-order valence-electron chi connectivity index (χ3n) is 3.80. The molecule has 1 aromatic rings. The Balaban J connectivity index is 2.20. The van der Waals surface area contributed by atoms with Crippen LogP contribution in [0.1, 0.15) is 39.0 Å². The fourth-order valence-electron chi connectivity index (χ4n) is 2.42. The van der Waals surface area contributed by atoms with Crippen molar-refractivity contribution < 1.29 is 14.3 Å². The summed E-state index contributed by atoms with van der Waals surface area (Å²) in [5, 5.41) is 3.66. The number of aryl methyl sites for hydroxylation is 1. The number of nitrogens with one attached hydrogen (secondary N) is 1. The highest BCUT2D eigenvalue weighted by Crippen LogP contribution is 2.31. The fourth-order valence-corrected chi connectivity index (χ4v) is 2.42. The van der Waals surface area contributed by atoms with Crippen molar-refractivity contribution in [1.82, 2.24) is 9.55 Å². The number of ether oxygens (including phenoxy) is 2. The molecule has 1 unspecified atom stereocenters. The maximum absolute atomic E-state index is 12.0. The summed E-state index contributed by atoms with van der Waals surface area (Å²) in [5.41, 5.74) is 7.27. The zero-order valence-electron chi connectivity index (χ0n) is 14.6. The van der Waals surface area contributed by atoms with E-state index in [0.717, 1.165) is 0 Å². The molecule has 136 valence electrons. The molecular weight excluding hydrogens is 330 g/mol. The summed E-state index contributed by atoms with van der Waals surface area (Å²) in [6.07, 6.45) is 0.245. The molecule has 0 radical (unpaired) electrons. The zero-order valence-corrected chi connectivity index (χ0v) is 14.6. The van der Waals surface area contributed by atoms with Crippen LogP contribution in [-0.4, -0.2) is 34.3 Å². The van der Waals surface area contributed by atoms with Gasteiger partial charge in [0.2, 0.25) is 0 Å². The molecule has 0 aromatic carbocycles. The summed E-state index contributed by atoms with van der Waals surface area (Å²) < 4.78 is 12.2. The van der Waals surface area contributed by atoms with Crippen LogP contribution in [0.25, 0.3) is 10.4 Å². The van der Waals surface area contributed by atoms with Gasteiger partial charge in [-0.1, -0.05) is 5.11 Å². The van der Waals surface area contributed by atoms with Gasteiger partial charge in [0.25, 0.3) is 5.56 Å². The van der Waals surface area contributed by atoms with Crippen molar-refractivity contribution in [3.05, 3.63) is 43.0 Å². The number of esters is 1. The van der Waals surface area contributed by atoms with Gasteiger partial charge in [-0.05, 0) is 39.6 Å². The molecule has 1 fully saturated rings. The molecule has 1 aliphatic rings. The molecule has 1 saturated heterocycles. The predicted molar refractivity (Wildman–Crippen MR) is 87.9 cm³/mol. The minimum Gasteiger partial charge on any atom is -0.463 e. The molecule has 25 heavy (non-hydrogen) atoms. The lowest BCUT2D eigenvalue weighted by Gasteiger charge is -2.20. The number of aromatic amines is 1. The van der Waals surface area contributed by atoms with Crippen LogP contribution in [0.5, 0.6) is 0 Å². The van der Waals surface area contributed by atoms with Gasteiger partial charge in [0, 0.05) is 16.7 Å². The fraction of sp³-hybridized carbons (Fsp3) is 0.667. The Kier molecular flexibility index (Phi) is 5.34. The molecule has 0 saturated carbocycles. The maximum Gasteiger partial charge on any atom is 0.330 e. The van der Waals surface area contributed by atoms with Crippen molar-refractivity contribution in [3.8, 4) is 0 Å². The van der Waals surface area contributed by atoms with Crippen molar-refractivity contribution in [2.24, 2.45) is 10.5 Å². The summed E-state index contributed by atoms with van der Waals surface area (Å²) in [5.74, 6) is -0.378. The molecular formula is C15H21N5O5. The van der Waals surface area contributed by atoms with Crippen molar-refractivity contribution in [1.29, 1.82) is 0 Å². The monoisotopic (exact) mass is 351 g/mol. The molecule has 10 heteroatoms. The Labute approximate surface area is 143 Å². The first-order chi connectivity index (χ1) is 11.6. The molecule has 0 amide bonds. The largest absolute Gasteiger partial charge is 0.463 e. The molecule has 0 aliphatic carbocycles. The highest BCUT2D eigenvalue weighted by atomic mass is 16.6. The van der Waals surface area contributed by atoms with E-state index in [4.69, 9.17) is 15.0 Å². The van der Waals surface area contributed by atoms with Gasteiger partial charge in [-0.2, -0.15) is 0 Å². The standard InChI is InChI=1S/C15H21N5O5/c1-8-6-20(14(23)17-11(8)21)12-10(18-19-16)5-9(25-12)7-24-13(22)15(2,3)4/h6,9-10,12H,5,7H2,1-4H3,(H,17,21,23)/t9-,10?,12+/m1/s1. The summed E-state index contributed by atoms with van der Waals surface area (Å²) in [7, 11) is 0. The van der Waals surface area contributed by atoms with E-state index in [0.29, 0.717) is 5.56 Å². The van der Waals surface area contributed by atoms with Gasteiger partial charge < -0.3 is 9.47 Å². The Morgan fingerprint density at radius 1 is 1.52 bits per heavy atom. The van der Waals surface area contributed by atoms with E-state index in [1.165, 1.54) is 10.8 Å². The lowest BCUT2D eigenvalue weighted by Crippen LogP contribution is -2.36. The van der Waals surface area contributed by atoms with Crippen LogP contribution < -0.4 is 11.2 Å². The second kappa shape index (κ2) is 7.12. The number of rotatable bonds is 4. The minimum atomic E-state index is -0.878. The van der Waals surface area contributed by atoms with E-state index in [1.807, 2.05) is 0 Å². The Bertz CT molecular complexity index is 815. The number of aromatic nitrogens is 2. The van der Waals surface area contributed by atoms with E-state index < -0.39 is 35.0 Å². The molecule has 1 aliphatic heterocycles. The van der Waals surface area contributed by atoms with Crippen molar-refractivity contribution in [3.63, 3.8) is 0 Å². The van der Waals surface area contributed by atoms with E-state index in [-0.39, 0.29) is 19.0 Å². The lowest BCUT2D eigenvalue weighted by atomic mass is 9.97. The van der Waals surface area contributed by atoms with E-state index in [1.54, 1.807) is 27.7 Å². The molecule has 1 aromatic heterocycles. The molecule has 2 rings (SSSR count). The van der Waals surface area contributed by atoms with Gasteiger partial charge in [0.15, 0.2) is 0 Å². The smallest absolute Gasteiger partial charge is 0.330 e. The second-order valence-corrected chi connectivity index (χ2v) is 6.98. The Hall–Kier alpha value is -2.58. The highest BCUT2D eigenvalue weighted by molar-refractivity contribution is 5.75. The van der Waals surface area contributed by atoms with Crippen LogP contribution in [0, 0.1) is 12.3 Å². The second-order valence-electron chi connectivity index (χ2n) is 6.98. The topological polar surface area (TPSA) is 139 Å². The van der Waals surface area contributed by atoms with Gasteiger partial charge in [-0.15, -0.1) is 0 Å². The molecule has 10 nitrogen and oxygen atoms in total. The average molecular weight is 351 g/mol. The van der Waals surface area contributed by atoms with Crippen molar-refractivity contribution >= 4 is 5.97 Å². The predicted octanol–water partition coefficient (Wildman–Crippen LogP) is 1.40. The SMILES string of the molecule is Cc1cn([C@H]2O[C@@H](COC(=O)C(C)(C)C)CC2N=[N+]=[N-])c(=O)[nH]c1=O. The molecule has 1 N–H and O–H groups in total. The number of hydrogen-bond acceptors (Lipinski definition) is 6. The first-order valence-electron chi connectivity index (χ1n) is 7.82. The van der Waals surface area contributed by atoms with Gasteiger partial charge in [-0.25, -0.2) is 4.79 Å². The quantitative estimate of drug-likeness (QED) is 0.378. The van der Waals surface area contributed by atoms with Crippen LogP contribution in [0.3, 0.4) is 0 Å². The van der Waals surface area contributed by atoms with Crippen molar-refractivity contribution in [2.45, 2.75) is 52.5 Å². The Morgan fingerprint density at radius 2 is 2.20 bits per heavy atom. The van der Waals surface area contributed by atoms with Gasteiger partial charge in [0.1, 0.15) is 12.8 Å². The highest BCUT2D eigenvalue weighted by Gasteiger charge is 2.38. The Morgan fingerprint density at radius 3 is 2.80 bits per heavy atom. The first kappa shape index (κ1) is 18.8. The summed E-state index contributed by atoms with van der Waals surface area (Å²) >= 11 is 0. The molecule has 2 heterocycles. The van der Waals surface area contributed by atoms with E-state index in [2.05, 4.69) is 15.0 Å². The van der Waals surface area contributed by atoms with Gasteiger partial charge in [-0.3, -0.25) is 19.1 Å². The normalized spacial score (nSPS) is 23.1. The van der Waals surface area contributed by atoms with Gasteiger partial charge >= 0.3 is 11.7 Å². The number of H-pyrrole nitrogens is 1. The summed E-state index contributed by atoms with van der Waals surface area (Å²) in [4.78, 5) is 40.4. The lowest BCUT2D eigenvalue weighted by molar-refractivity contribution is -0.157. The number of hydrogen-bond donors (Lipinski definition) is 1. The van der Waals surface area contributed by atoms with Crippen LogP contribution in [-0.2, 0) is 14.3 Å². The summed E-state index contributed by atoms with van der Waals surface area (Å²) in [6, 6.07) is -0.661. The zero-order chi connectivity index (χ0) is 18.8. The van der Waals surface area contributed by atoms with Crippen LogP contribution >= 0.6 is 0 Å². The number of nitrogens with zero attached hydrogens (tertiary/aromatic N) is 4. The number of carbonyl (C=O) groups excluding carboxylic acids is 1. The number of azide groups is 1. The van der Waals surface area contributed by atoms with Crippen LogP contribution in [0.15, 0.2) is 20.9 Å². The van der Waals surface area contributed by atoms with Crippen LogP contribution in [0.4, 0.5) is 0 Å². The molecule has 0 bridgehead atoms. The maximum atomic E-state index is 12.0. The minimum absolute atomic E-state index is 0.0128. The van der Waals surface area contributed by atoms with Gasteiger partial charge in [0.05, 0.1) is 17.6 Å². The molecule has 0 spiro atoms. The van der Waals surface area contributed by atoms with Crippen LogP contribution in [0.2, 0.25) is 0 Å². The third kappa shape index (κ3) is 4.28. The number of carbonyl (C=O) groups is 1. The van der Waals surface area contributed by atoms with E-state index in [9.17, 15) is 14.4 Å². The summed E-state index contributed by atoms with van der Waals surface area (Å²) in [6.45, 7) is 6.74.